The minimum atomic E-state index is -0.478. The summed E-state index contributed by atoms with van der Waals surface area (Å²) in [7, 11) is 0. The first-order chi connectivity index (χ1) is 19.1. The number of anilines is 2. The first kappa shape index (κ1) is 27.4. The van der Waals surface area contributed by atoms with Crippen LogP contribution in [0, 0.1) is 6.92 Å². The van der Waals surface area contributed by atoms with Gasteiger partial charge in [0.15, 0.2) is 0 Å². The maximum atomic E-state index is 13.1. The van der Waals surface area contributed by atoms with E-state index in [1.165, 1.54) is 0 Å². The van der Waals surface area contributed by atoms with E-state index in [-0.39, 0.29) is 17.3 Å². The highest BCUT2D eigenvalue weighted by atomic mass is 16.4. The van der Waals surface area contributed by atoms with Crippen molar-refractivity contribution in [3.05, 3.63) is 65.3 Å². The number of nitrogens with one attached hydrogen (secondary N) is 3. The van der Waals surface area contributed by atoms with Gasteiger partial charge in [0, 0.05) is 36.8 Å². The summed E-state index contributed by atoms with van der Waals surface area (Å²) >= 11 is 0. The third-order valence-corrected chi connectivity index (χ3v) is 6.76. The van der Waals surface area contributed by atoms with Crippen molar-refractivity contribution in [1.29, 1.82) is 0 Å². The standard InChI is InChI=1S/C28H35N9O3/c1-16(38)14-37-11-9-22(31-24(39)25-35-36-26(40-25)28(3,4)5)20-7-6-18(12-19(20)15-37)21-8-10-29-27(32-21)33-23-13-30-34-17(23)2/h6-8,10,12-13,16,22,38H,9,11,14-15H2,1-5H3,(H,30,34)(H,31,39)(H,29,32,33)/t16-,22+/m1/s1. The number of aromatic nitrogens is 6. The molecular formula is C28H35N9O3. The number of nitrogens with zero attached hydrogens (tertiary/aromatic N) is 6. The summed E-state index contributed by atoms with van der Waals surface area (Å²) in [6.45, 7) is 11.4. The van der Waals surface area contributed by atoms with E-state index >= 15 is 0 Å². The molecule has 0 radical (unpaired) electrons. The summed E-state index contributed by atoms with van der Waals surface area (Å²) in [5.41, 5.74) is 5.06. The van der Waals surface area contributed by atoms with Crippen LogP contribution in [0.3, 0.4) is 0 Å². The number of hydrogen-bond acceptors (Lipinski definition) is 10. The zero-order chi connectivity index (χ0) is 28.4. The lowest BCUT2D eigenvalue weighted by atomic mass is 9.96. The Balaban J connectivity index is 1.43. The monoisotopic (exact) mass is 545 g/mol. The number of fused-ring (bicyclic) bond motifs is 1. The van der Waals surface area contributed by atoms with Crippen molar-refractivity contribution in [3.8, 4) is 11.3 Å². The molecule has 0 saturated heterocycles. The molecule has 0 unspecified atom stereocenters. The minimum absolute atomic E-state index is 0.0537. The van der Waals surface area contributed by atoms with Gasteiger partial charge in [-0.05, 0) is 43.5 Å². The predicted octanol–water partition coefficient (Wildman–Crippen LogP) is 3.66. The number of rotatable bonds is 7. The number of aliphatic hydroxyl groups excluding tert-OH is 1. The molecule has 1 amide bonds. The normalized spacial score (nSPS) is 16.7. The summed E-state index contributed by atoms with van der Waals surface area (Å²) in [6.07, 6.45) is 3.59. The quantitative estimate of drug-likeness (QED) is 0.270. The van der Waals surface area contributed by atoms with Crippen LogP contribution in [0.4, 0.5) is 11.6 Å². The molecule has 0 bridgehead atoms. The number of H-pyrrole nitrogens is 1. The lowest BCUT2D eigenvalue weighted by Gasteiger charge is -2.22. The Kier molecular flexibility index (Phi) is 7.63. The Bertz CT molecular complexity index is 1490. The van der Waals surface area contributed by atoms with Crippen LogP contribution in [0.25, 0.3) is 11.3 Å². The van der Waals surface area contributed by atoms with Crippen LogP contribution in [-0.2, 0) is 12.0 Å². The fourth-order valence-electron chi connectivity index (χ4n) is 4.72. The second kappa shape index (κ2) is 11.1. The average molecular weight is 546 g/mol. The van der Waals surface area contributed by atoms with Crippen molar-refractivity contribution in [2.24, 2.45) is 0 Å². The van der Waals surface area contributed by atoms with Gasteiger partial charge < -0.3 is 20.2 Å². The Morgan fingerprint density at radius 1 is 1.27 bits per heavy atom. The van der Waals surface area contributed by atoms with Gasteiger partial charge in [0.1, 0.15) is 0 Å². The molecule has 1 aliphatic heterocycles. The maximum absolute atomic E-state index is 13.1. The van der Waals surface area contributed by atoms with Crippen molar-refractivity contribution in [1.82, 2.24) is 40.6 Å². The molecule has 0 spiro atoms. The molecule has 12 nitrogen and oxygen atoms in total. The fraction of sp³-hybridized carbons (Fsp3) is 0.429. The van der Waals surface area contributed by atoms with Crippen molar-refractivity contribution < 1.29 is 14.3 Å². The van der Waals surface area contributed by atoms with E-state index in [1.807, 2.05) is 45.9 Å². The Hall–Kier alpha value is -4.16. The topological polar surface area (TPSA) is 158 Å². The second-order valence-corrected chi connectivity index (χ2v) is 11.3. The van der Waals surface area contributed by atoms with Crippen molar-refractivity contribution in [3.63, 3.8) is 0 Å². The molecule has 12 heteroatoms. The summed E-state index contributed by atoms with van der Waals surface area (Å²) in [5, 5.41) is 31.3. The van der Waals surface area contributed by atoms with Crippen molar-refractivity contribution in [2.75, 3.05) is 18.4 Å². The van der Waals surface area contributed by atoms with Crippen molar-refractivity contribution >= 4 is 17.5 Å². The summed E-state index contributed by atoms with van der Waals surface area (Å²) < 4.78 is 5.67. The Morgan fingerprint density at radius 3 is 2.80 bits per heavy atom. The number of carbonyl (C=O) groups is 1. The van der Waals surface area contributed by atoms with Gasteiger partial charge in [0.25, 0.3) is 0 Å². The number of benzene rings is 1. The molecule has 210 valence electrons. The fourth-order valence-corrected chi connectivity index (χ4v) is 4.72. The number of carbonyl (C=O) groups excluding carboxylic acids is 1. The van der Waals surface area contributed by atoms with Gasteiger partial charge in [-0.15, -0.1) is 10.2 Å². The second-order valence-electron chi connectivity index (χ2n) is 11.3. The van der Waals surface area contributed by atoms with Crippen molar-refractivity contribution in [2.45, 2.75) is 65.1 Å². The van der Waals surface area contributed by atoms with E-state index in [4.69, 9.17) is 9.40 Å². The molecular weight excluding hydrogens is 510 g/mol. The number of β-amino-alcohol motifs (C(OH)–C–C–N with tert-alkyl or cyclic N) is 1. The first-order valence-corrected chi connectivity index (χ1v) is 13.4. The van der Waals surface area contributed by atoms with Crippen LogP contribution < -0.4 is 10.6 Å². The van der Waals surface area contributed by atoms with E-state index in [9.17, 15) is 9.90 Å². The van der Waals surface area contributed by atoms with Gasteiger partial charge >= 0.3 is 11.8 Å². The summed E-state index contributed by atoms with van der Waals surface area (Å²) in [4.78, 5) is 24.4. The average Bonchev–Trinajstić information content (AvgIpc) is 3.52. The number of aromatic amines is 1. The van der Waals surface area contributed by atoms with E-state index in [1.54, 1.807) is 19.3 Å². The summed E-state index contributed by atoms with van der Waals surface area (Å²) in [5.74, 6) is 0.412. The highest BCUT2D eigenvalue weighted by Crippen LogP contribution is 2.31. The zero-order valence-electron chi connectivity index (χ0n) is 23.4. The van der Waals surface area contributed by atoms with Crippen LogP contribution in [0.5, 0.6) is 0 Å². The van der Waals surface area contributed by atoms with Crippen LogP contribution in [0.1, 0.15) is 73.6 Å². The predicted molar refractivity (Wildman–Crippen MR) is 149 cm³/mol. The van der Waals surface area contributed by atoms with E-state index in [2.05, 4.69) is 47.0 Å². The molecule has 0 fully saturated rings. The third kappa shape index (κ3) is 6.18. The van der Waals surface area contributed by atoms with Crippen LogP contribution >= 0.6 is 0 Å². The molecule has 1 aromatic carbocycles. The van der Waals surface area contributed by atoms with Crippen LogP contribution in [0.2, 0.25) is 0 Å². The molecule has 0 saturated carbocycles. The van der Waals surface area contributed by atoms with Gasteiger partial charge in [-0.1, -0.05) is 32.9 Å². The molecule has 4 N–H and O–H groups in total. The zero-order valence-corrected chi connectivity index (χ0v) is 23.4. The van der Waals surface area contributed by atoms with Gasteiger partial charge in [-0.2, -0.15) is 5.10 Å². The highest BCUT2D eigenvalue weighted by Gasteiger charge is 2.28. The summed E-state index contributed by atoms with van der Waals surface area (Å²) in [6, 6.07) is 7.72. The van der Waals surface area contributed by atoms with Gasteiger partial charge in [0.2, 0.25) is 11.8 Å². The molecule has 4 heterocycles. The molecule has 5 rings (SSSR count). The highest BCUT2D eigenvalue weighted by molar-refractivity contribution is 5.89. The minimum Gasteiger partial charge on any atom is -0.416 e. The SMILES string of the molecule is Cc1[nH]ncc1Nc1nccc(-c2ccc3c(c2)CN(C[C@@H](C)O)CC[C@@H]3NC(=O)c2nnc(C(C)(C)C)o2)n1. The molecule has 4 aromatic rings. The number of aliphatic hydroxyl groups is 1. The van der Waals surface area contributed by atoms with E-state index in [0.29, 0.717) is 37.9 Å². The number of aryl methyl sites for hydroxylation is 1. The van der Waals surface area contributed by atoms with Gasteiger partial charge in [-0.3, -0.25) is 14.8 Å². The van der Waals surface area contributed by atoms with E-state index in [0.717, 1.165) is 33.8 Å². The Labute approximate surface area is 232 Å². The molecule has 1 aliphatic rings. The third-order valence-electron chi connectivity index (χ3n) is 6.76. The number of amides is 1. The van der Waals surface area contributed by atoms with Gasteiger partial charge in [0.05, 0.1) is 35.4 Å². The molecule has 0 aliphatic carbocycles. The van der Waals surface area contributed by atoms with Crippen LogP contribution in [-0.4, -0.2) is 65.5 Å². The largest absolute Gasteiger partial charge is 0.416 e. The van der Waals surface area contributed by atoms with Gasteiger partial charge in [-0.25, -0.2) is 9.97 Å². The number of hydrogen-bond donors (Lipinski definition) is 4. The smallest absolute Gasteiger partial charge is 0.309 e. The lowest BCUT2D eigenvalue weighted by molar-refractivity contribution is 0.0889. The van der Waals surface area contributed by atoms with Crippen LogP contribution in [0.15, 0.2) is 41.1 Å². The first-order valence-electron chi connectivity index (χ1n) is 13.4. The lowest BCUT2D eigenvalue weighted by Crippen LogP contribution is -2.32. The molecule has 40 heavy (non-hydrogen) atoms. The Morgan fingerprint density at radius 2 is 2.10 bits per heavy atom. The molecule has 2 atom stereocenters. The molecule has 3 aromatic heterocycles. The maximum Gasteiger partial charge on any atom is 0.309 e. The van der Waals surface area contributed by atoms with E-state index < -0.39 is 12.0 Å².